The normalized spacial score (nSPS) is 22.3. The summed E-state index contributed by atoms with van der Waals surface area (Å²) < 4.78 is 19.5. The Bertz CT molecular complexity index is 862. The van der Waals surface area contributed by atoms with Gasteiger partial charge in [0.2, 0.25) is 5.91 Å². The first-order chi connectivity index (χ1) is 12.2. The number of rotatable bonds is 4. The Hall–Kier alpha value is -2.90. The summed E-state index contributed by atoms with van der Waals surface area (Å²) in [7, 11) is 1.56. The molecule has 3 N–H and O–H groups in total. The molecule has 0 fully saturated rings. The van der Waals surface area contributed by atoms with E-state index < -0.39 is 16.8 Å². The van der Waals surface area contributed by atoms with Gasteiger partial charge in [-0.3, -0.25) is 9.69 Å². The van der Waals surface area contributed by atoms with E-state index in [0.717, 1.165) is 5.69 Å². The van der Waals surface area contributed by atoms with Gasteiger partial charge in [-0.25, -0.2) is 9.38 Å². The smallest absolute Gasteiger partial charge is 0.237 e. The molecule has 2 aromatic rings. The lowest BCUT2D eigenvalue weighted by Crippen LogP contribution is -2.58. The van der Waals surface area contributed by atoms with Gasteiger partial charge in [0, 0.05) is 24.4 Å². The number of aliphatic imine (C=N–C) groups is 1. The molecule has 1 aromatic heterocycles. The summed E-state index contributed by atoms with van der Waals surface area (Å²) in [5.74, 6) is -0.591. The van der Waals surface area contributed by atoms with E-state index in [0.29, 0.717) is 17.8 Å². The lowest BCUT2D eigenvalue weighted by atomic mass is 9.67. The number of nitrogens with two attached hydrogens (primary N) is 1. The number of guanidine groups is 1. The first kappa shape index (κ1) is 17.9. The zero-order chi connectivity index (χ0) is 19.1. The molecule has 0 unspecified atom stereocenters. The highest BCUT2D eigenvalue weighted by Crippen LogP contribution is 2.47. The minimum Gasteiger partial charge on any atom is -0.379 e. The number of benzene rings is 1. The maximum atomic E-state index is 14.7. The first-order valence-corrected chi connectivity index (χ1v) is 8.23. The predicted octanol–water partition coefficient (Wildman–Crippen LogP) is 2.45. The van der Waals surface area contributed by atoms with E-state index in [2.05, 4.69) is 15.5 Å². The third-order valence-electron chi connectivity index (χ3n) is 5.19. The highest BCUT2D eigenvalue weighted by molar-refractivity contribution is 6.01. The van der Waals surface area contributed by atoms with Gasteiger partial charge in [-0.1, -0.05) is 5.16 Å². The maximum Gasteiger partial charge on any atom is 0.237 e. The Kier molecular flexibility index (Phi) is 4.21. The Morgan fingerprint density at radius 1 is 1.31 bits per heavy atom. The standard InChI is InChI=1S/C18H22FN5O2/c1-17(2)15(25)24(4)16(20)22-18(17,3)13-9-11(5-6-14(13)19)21-10-12-7-8-26-23-12/h5-9,21H,10H2,1-4H3,(H2,20,22)/t18-/m1/s1. The average Bonchev–Trinajstić information content (AvgIpc) is 3.11. The summed E-state index contributed by atoms with van der Waals surface area (Å²) >= 11 is 0. The molecule has 2 heterocycles. The molecular weight excluding hydrogens is 337 g/mol. The number of nitrogens with one attached hydrogen (secondary N) is 1. The quantitative estimate of drug-likeness (QED) is 0.874. The third kappa shape index (κ3) is 2.71. The summed E-state index contributed by atoms with van der Waals surface area (Å²) in [6.07, 6.45) is 1.48. The van der Waals surface area contributed by atoms with Crippen LogP contribution in [0, 0.1) is 11.2 Å². The fourth-order valence-corrected chi connectivity index (χ4v) is 3.10. The van der Waals surface area contributed by atoms with E-state index >= 15 is 0 Å². The van der Waals surface area contributed by atoms with Crippen molar-refractivity contribution in [3.8, 4) is 0 Å². The lowest BCUT2D eigenvalue weighted by molar-refractivity contribution is -0.140. The highest BCUT2D eigenvalue weighted by atomic mass is 19.1. The van der Waals surface area contributed by atoms with Crippen LogP contribution >= 0.6 is 0 Å². The highest BCUT2D eigenvalue weighted by Gasteiger charge is 2.53. The number of aromatic nitrogens is 1. The summed E-state index contributed by atoms with van der Waals surface area (Å²) in [5, 5.41) is 6.99. The molecule has 7 nitrogen and oxygen atoms in total. The monoisotopic (exact) mass is 359 g/mol. The molecule has 0 saturated carbocycles. The van der Waals surface area contributed by atoms with Crippen LogP contribution in [-0.4, -0.2) is 29.0 Å². The Labute approximate surface area is 151 Å². The van der Waals surface area contributed by atoms with Crippen molar-refractivity contribution in [3.05, 3.63) is 47.6 Å². The van der Waals surface area contributed by atoms with Gasteiger partial charge in [-0.2, -0.15) is 0 Å². The van der Waals surface area contributed by atoms with Crippen molar-refractivity contribution >= 4 is 17.6 Å². The van der Waals surface area contributed by atoms with Crippen molar-refractivity contribution in [2.24, 2.45) is 16.1 Å². The van der Waals surface area contributed by atoms with Crippen LogP contribution in [0.25, 0.3) is 0 Å². The molecule has 0 aliphatic carbocycles. The van der Waals surface area contributed by atoms with Gasteiger partial charge in [0.25, 0.3) is 0 Å². The second-order valence-electron chi connectivity index (χ2n) is 7.07. The maximum absolute atomic E-state index is 14.7. The predicted molar refractivity (Wildman–Crippen MR) is 95.8 cm³/mol. The van der Waals surface area contributed by atoms with Crippen molar-refractivity contribution in [2.45, 2.75) is 32.9 Å². The number of nitrogens with zero attached hydrogens (tertiary/aromatic N) is 3. The second kappa shape index (κ2) is 6.12. The van der Waals surface area contributed by atoms with E-state index in [1.54, 1.807) is 46.0 Å². The van der Waals surface area contributed by atoms with Crippen molar-refractivity contribution < 1.29 is 13.7 Å². The van der Waals surface area contributed by atoms with Crippen LogP contribution in [-0.2, 0) is 16.9 Å². The molecule has 1 amide bonds. The zero-order valence-corrected chi connectivity index (χ0v) is 15.2. The van der Waals surface area contributed by atoms with Gasteiger partial charge in [0.05, 0.1) is 12.0 Å². The summed E-state index contributed by atoms with van der Waals surface area (Å²) in [6, 6.07) is 6.38. The molecule has 1 aliphatic heterocycles. The molecule has 1 aliphatic rings. The van der Waals surface area contributed by atoms with Crippen molar-refractivity contribution in [3.63, 3.8) is 0 Å². The molecular formula is C18H22FN5O2. The van der Waals surface area contributed by atoms with Gasteiger partial charge < -0.3 is 15.6 Å². The molecule has 138 valence electrons. The molecule has 1 atom stereocenters. The van der Waals surface area contributed by atoms with E-state index in [4.69, 9.17) is 10.3 Å². The van der Waals surface area contributed by atoms with Crippen LogP contribution in [0.4, 0.5) is 10.1 Å². The average molecular weight is 359 g/mol. The van der Waals surface area contributed by atoms with Gasteiger partial charge in [-0.05, 0) is 39.0 Å². The third-order valence-corrected chi connectivity index (χ3v) is 5.19. The fraction of sp³-hybridized carbons (Fsp3) is 0.389. The molecule has 0 bridgehead atoms. The van der Waals surface area contributed by atoms with Crippen LogP contribution in [0.2, 0.25) is 0 Å². The first-order valence-electron chi connectivity index (χ1n) is 8.23. The van der Waals surface area contributed by atoms with Gasteiger partial charge in [0.15, 0.2) is 5.96 Å². The minimum atomic E-state index is -1.14. The number of carbonyl (C=O) groups is 1. The number of anilines is 1. The second-order valence-corrected chi connectivity index (χ2v) is 7.07. The molecule has 0 saturated heterocycles. The van der Waals surface area contributed by atoms with Crippen LogP contribution < -0.4 is 11.1 Å². The molecule has 0 spiro atoms. The van der Waals surface area contributed by atoms with E-state index in [1.807, 2.05) is 0 Å². The summed E-state index contributed by atoms with van der Waals surface area (Å²) in [4.78, 5) is 18.5. The van der Waals surface area contributed by atoms with Gasteiger partial charge in [0.1, 0.15) is 23.3 Å². The van der Waals surface area contributed by atoms with Crippen molar-refractivity contribution in [2.75, 3.05) is 12.4 Å². The number of hydrogen-bond donors (Lipinski definition) is 2. The molecule has 3 rings (SSSR count). The zero-order valence-electron chi connectivity index (χ0n) is 15.2. The number of carbonyl (C=O) groups excluding carboxylic acids is 1. The van der Waals surface area contributed by atoms with Crippen LogP contribution in [0.1, 0.15) is 32.0 Å². The molecule has 8 heteroatoms. The fourth-order valence-electron chi connectivity index (χ4n) is 3.10. The van der Waals surface area contributed by atoms with E-state index in [9.17, 15) is 9.18 Å². The van der Waals surface area contributed by atoms with E-state index in [-0.39, 0.29) is 11.9 Å². The van der Waals surface area contributed by atoms with Crippen LogP contribution in [0.3, 0.4) is 0 Å². The molecule has 26 heavy (non-hydrogen) atoms. The topological polar surface area (TPSA) is 96.8 Å². The van der Waals surface area contributed by atoms with E-state index in [1.165, 1.54) is 17.2 Å². The van der Waals surface area contributed by atoms with Crippen LogP contribution in [0.5, 0.6) is 0 Å². The largest absolute Gasteiger partial charge is 0.379 e. The summed E-state index contributed by atoms with van der Waals surface area (Å²) in [6.45, 7) is 5.65. The number of halogens is 1. The van der Waals surface area contributed by atoms with Crippen LogP contribution in [0.15, 0.2) is 40.0 Å². The molecule has 1 aromatic carbocycles. The van der Waals surface area contributed by atoms with Crippen molar-refractivity contribution in [1.82, 2.24) is 10.1 Å². The Morgan fingerprint density at radius 3 is 2.69 bits per heavy atom. The summed E-state index contributed by atoms with van der Waals surface area (Å²) in [5.41, 5.74) is 5.50. The SMILES string of the molecule is CN1C(=O)C(C)(C)[C@@](C)(c2cc(NCc3ccon3)ccc2F)N=C1N. The molecule has 0 radical (unpaired) electrons. The van der Waals surface area contributed by atoms with Crippen molar-refractivity contribution in [1.29, 1.82) is 0 Å². The number of amides is 1. The Morgan fingerprint density at radius 2 is 2.04 bits per heavy atom. The minimum absolute atomic E-state index is 0.0668. The Balaban J connectivity index is 2.01. The lowest BCUT2D eigenvalue weighted by Gasteiger charge is -2.46. The number of hydrogen-bond acceptors (Lipinski definition) is 6. The van der Waals surface area contributed by atoms with Gasteiger partial charge >= 0.3 is 0 Å². The van der Waals surface area contributed by atoms with Gasteiger partial charge in [-0.15, -0.1) is 0 Å².